The van der Waals surface area contributed by atoms with E-state index < -0.39 is 0 Å². The van der Waals surface area contributed by atoms with Gasteiger partial charge in [-0.05, 0) is 31.0 Å². The lowest BCUT2D eigenvalue weighted by atomic mass is 10.1. The van der Waals surface area contributed by atoms with E-state index in [1.165, 1.54) is 4.88 Å². The fourth-order valence-corrected chi connectivity index (χ4v) is 3.22. The molecule has 0 aliphatic rings. The summed E-state index contributed by atoms with van der Waals surface area (Å²) in [7, 11) is 0. The van der Waals surface area contributed by atoms with Crippen LogP contribution in [0.15, 0.2) is 33.3 Å². The quantitative estimate of drug-likeness (QED) is 0.733. The van der Waals surface area contributed by atoms with E-state index in [9.17, 15) is 0 Å². The standard InChI is InChI=1S/C15H14BrN3OS/c1-3-10-7-11(13(17)21-10)15-18-14(19-20-15)9-5-4-8(2)12(16)6-9/h4-7H,3,17H2,1-2H3. The molecule has 4 nitrogen and oxygen atoms in total. The number of halogens is 1. The summed E-state index contributed by atoms with van der Waals surface area (Å²) in [5, 5.41) is 4.77. The van der Waals surface area contributed by atoms with E-state index in [4.69, 9.17) is 10.3 Å². The molecule has 0 amide bonds. The van der Waals surface area contributed by atoms with Gasteiger partial charge in [0.1, 0.15) is 0 Å². The van der Waals surface area contributed by atoms with Crippen molar-refractivity contribution in [1.82, 2.24) is 10.1 Å². The summed E-state index contributed by atoms with van der Waals surface area (Å²) in [4.78, 5) is 5.67. The molecule has 0 saturated carbocycles. The van der Waals surface area contributed by atoms with Gasteiger partial charge in [-0.2, -0.15) is 4.98 Å². The fraction of sp³-hybridized carbons (Fsp3) is 0.200. The molecular weight excluding hydrogens is 350 g/mol. The average Bonchev–Trinajstić information content (AvgIpc) is 3.08. The predicted octanol–water partition coefficient (Wildman–Crippen LogP) is 4.68. The van der Waals surface area contributed by atoms with Crippen molar-refractivity contribution in [2.75, 3.05) is 5.73 Å². The number of nitrogens with two attached hydrogens (primary N) is 1. The number of hydrogen-bond acceptors (Lipinski definition) is 5. The maximum atomic E-state index is 6.02. The van der Waals surface area contributed by atoms with E-state index in [0.717, 1.165) is 27.6 Å². The van der Waals surface area contributed by atoms with Crippen LogP contribution in [0.5, 0.6) is 0 Å². The Bertz CT molecular complexity index is 794. The van der Waals surface area contributed by atoms with Gasteiger partial charge < -0.3 is 10.3 Å². The molecule has 108 valence electrons. The van der Waals surface area contributed by atoms with Crippen molar-refractivity contribution in [2.24, 2.45) is 0 Å². The van der Waals surface area contributed by atoms with Crippen molar-refractivity contribution in [3.63, 3.8) is 0 Å². The van der Waals surface area contributed by atoms with Gasteiger partial charge >= 0.3 is 0 Å². The number of aromatic nitrogens is 2. The third kappa shape index (κ3) is 2.73. The zero-order chi connectivity index (χ0) is 15.0. The summed E-state index contributed by atoms with van der Waals surface area (Å²) in [5.74, 6) is 1.03. The Morgan fingerprint density at radius 3 is 2.81 bits per heavy atom. The number of anilines is 1. The maximum absolute atomic E-state index is 6.02. The summed E-state index contributed by atoms with van der Waals surface area (Å²) in [6.07, 6.45) is 0.945. The molecule has 0 unspecified atom stereocenters. The van der Waals surface area contributed by atoms with Crippen molar-refractivity contribution >= 4 is 32.3 Å². The van der Waals surface area contributed by atoms with Crippen molar-refractivity contribution < 1.29 is 4.52 Å². The minimum Gasteiger partial charge on any atom is -0.390 e. The minimum absolute atomic E-state index is 0.468. The lowest BCUT2D eigenvalue weighted by molar-refractivity contribution is 0.432. The predicted molar refractivity (Wildman–Crippen MR) is 89.3 cm³/mol. The number of rotatable bonds is 3. The molecule has 6 heteroatoms. The smallest absolute Gasteiger partial charge is 0.261 e. The van der Waals surface area contributed by atoms with Gasteiger partial charge in [0.2, 0.25) is 5.82 Å². The normalized spacial score (nSPS) is 11.0. The number of nitrogens with zero attached hydrogens (tertiary/aromatic N) is 2. The Hall–Kier alpha value is -1.66. The van der Waals surface area contributed by atoms with E-state index in [-0.39, 0.29) is 0 Å². The molecule has 0 saturated heterocycles. The highest BCUT2D eigenvalue weighted by Gasteiger charge is 2.16. The number of benzene rings is 1. The highest BCUT2D eigenvalue weighted by Crippen LogP contribution is 2.34. The summed E-state index contributed by atoms with van der Waals surface area (Å²) in [6.45, 7) is 4.13. The van der Waals surface area contributed by atoms with Gasteiger partial charge in [-0.25, -0.2) is 0 Å². The largest absolute Gasteiger partial charge is 0.390 e. The van der Waals surface area contributed by atoms with Crippen LogP contribution in [-0.4, -0.2) is 10.1 Å². The van der Waals surface area contributed by atoms with E-state index in [1.807, 2.05) is 31.2 Å². The molecule has 0 spiro atoms. The zero-order valence-corrected chi connectivity index (χ0v) is 14.1. The third-order valence-electron chi connectivity index (χ3n) is 3.25. The lowest BCUT2D eigenvalue weighted by Crippen LogP contribution is -1.85. The molecule has 0 atom stereocenters. The Morgan fingerprint density at radius 1 is 1.33 bits per heavy atom. The monoisotopic (exact) mass is 363 g/mol. The van der Waals surface area contributed by atoms with E-state index in [2.05, 4.69) is 33.0 Å². The van der Waals surface area contributed by atoms with Crippen LogP contribution >= 0.6 is 27.3 Å². The highest BCUT2D eigenvalue weighted by molar-refractivity contribution is 9.10. The van der Waals surface area contributed by atoms with E-state index in [0.29, 0.717) is 16.7 Å². The van der Waals surface area contributed by atoms with Crippen LogP contribution in [-0.2, 0) is 6.42 Å². The van der Waals surface area contributed by atoms with Gasteiger partial charge in [0.25, 0.3) is 5.89 Å². The van der Waals surface area contributed by atoms with Crippen LogP contribution in [0.2, 0.25) is 0 Å². The van der Waals surface area contributed by atoms with Gasteiger partial charge in [-0.15, -0.1) is 11.3 Å². The first-order valence-corrected chi connectivity index (χ1v) is 8.18. The van der Waals surface area contributed by atoms with E-state index >= 15 is 0 Å². The molecule has 0 aliphatic heterocycles. The van der Waals surface area contributed by atoms with Crippen LogP contribution in [0.25, 0.3) is 22.8 Å². The van der Waals surface area contributed by atoms with Gasteiger partial charge in [0.15, 0.2) is 0 Å². The Kier molecular flexibility index (Phi) is 3.82. The molecule has 3 rings (SSSR count). The number of thiophene rings is 1. The first-order chi connectivity index (χ1) is 10.1. The van der Waals surface area contributed by atoms with Gasteiger partial charge in [-0.1, -0.05) is 40.1 Å². The second kappa shape index (κ2) is 5.61. The van der Waals surface area contributed by atoms with Crippen LogP contribution in [0, 0.1) is 6.92 Å². The molecule has 2 aromatic heterocycles. The molecule has 0 fully saturated rings. The van der Waals surface area contributed by atoms with Gasteiger partial charge in [-0.3, -0.25) is 0 Å². The molecule has 0 radical (unpaired) electrons. The molecule has 2 N–H and O–H groups in total. The molecule has 21 heavy (non-hydrogen) atoms. The first-order valence-electron chi connectivity index (χ1n) is 6.57. The Morgan fingerprint density at radius 2 is 2.14 bits per heavy atom. The topological polar surface area (TPSA) is 64.9 Å². The van der Waals surface area contributed by atoms with Crippen molar-refractivity contribution in [2.45, 2.75) is 20.3 Å². The number of nitrogen functional groups attached to an aromatic ring is 1. The van der Waals surface area contributed by atoms with E-state index in [1.54, 1.807) is 11.3 Å². The SMILES string of the molecule is CCc1cc(-c2nc(-c3ccc(C)c(Br)c3)no2)c(N)s1. The zero-order valence-electron chi connectivity index (χ0n) is 11.7. The van der Waals surface area contributed by atoms with Crippen LogP contribution in [0.3, 0.4) is 0 Å². The first kappa shape index (κ1) is 14.3. The molecule has 0 aliphatic carbocycles. The van der Waals surface area contributed by atoms with Crippen molar-refractivity contribution in [1.29, 1.82) is 0 Å². The molecular formula is C15H14BrN3OS. The summed E-state index contributed by atoms with van der Waals surface area (Å²) >= 11 is 5.08. The minimum atomic E-state index is 0.468. The Balaban J connectivity index is 1.99. The number of aryl methyl sites for hydroxylation is 2. The van der Waals surface area contributed by atoms with Crippen LogP contribution < -0.4 is 5.73 Å². The molecule has 1 aromatic carbocycles. The summed E-state index contributed by atoms with van der Waals surface area (Å²) in [6, 6.07) is 7.99. The fourth-order valence-electron chi connectivity index (χ4n) is 1.98. The number of hydrogen-bond donors (Lipinski definition) is 1. The average molecular weight is 364 g/mol. The molecule has 2 heterocycles. The maximum Gasteiger partial charge on any atom is 0.261 e. The Labute approximate surface area is 135 Å². The third-order valence-corrected chi connectivity index (χ3v) is 5.21. The van der Waals surface area contributed by atoms with Gasteiger partial charge in [0.05, 0.1) is 10.6 Å². The second-order valence-electron chi connectivity index (χ2n) is 4.73. The highest BCUT2D eigenvalue weighted by atomic mass is 79.9. The van der Waals surface area contributed by atoms with Crippen molar-refractivity contribution in [3.05, 3.63) is 39.2 Å². The summed E-state index contributed by atoms with van der Waals surface area (Å²) in [5.41, 5.74) is 8.92. The van der Waals surface area contributed by atoms with Crippen LogP contribution in [0.1, 0.15) is 17.4 Å². The van der Waals surface area contributed by atoms with Crippen molar-refractivity contribution in [3.8, 4) is 22.8 Å². The lowest BCUT2D eigenvalue weighted by Gasteiger charge is -1.99. The van der Waals surface area contributed by atoms with Crippen LogP contribution in [0.4, 0.5) is 5.00 Å². The van der Waals surface area contributed by atoms with Gasteiger partial charge in [0, 0.05) is 14.9 Å². The molecule has 0 bridgehead atoms. The second-order valence-corrected chi connectivity index (χ2v) is 6.75. The molecule has 3 aromatic rings. The summed E-state index contributed by atoms with van der Waals surface area (Å²) < 4.78 is 6.39.